The molecule has 0 spiro atoms. The number of halogens is 2. The molecule has 28 heavy (non-hydrogen) atoms. The van der Waals surface area contributed by atoms with Gasteiger partial charge in [-0.25, -0.2) is 17.2 Å². The van der Waals surface area contributed by atoms with Crippen molar-refractivity contribution in [1.29, 1.82) is 0 Å². The van der Waals surface area contributed by atoms with Crippen molar-refractivity contribution >= 4 is 9.84 Å². The molecule has 0 atom stereocenters. The van der Waals surface area contributed by atoms with Crippen LogP contribution < -0.4 is 10.3 Å². The summed E-state index contributed by atoms with van der Waals surface area (Å²) in [7, 11) is -3.36. The van der Waals surface area contributed by atoms with Gasteiger partial charge in [0, 0.05) is 17.9 Å². The Hall–Kier alpha value is -3.07. The molecule has 0 radical (unpaired) electrons. The van der Waals surface area contributed by atoms with Crippen LogP contribution in [-0.2, 0) is 9.84 Å². The monoisotopic (exact) mass is 406 g/mol. The first kappa shape index (κ1) is 19.7. The topological polar surface area (TPSA) is 78.3 Å². The summed E-state index contributed by atoms with van der Waals surface area (Å²) in [5, 5.41) is 4.03. The van der Waals surface area contributed by atoms with E-state index in [1.165, 1.54) is 36.5 Å². The minimum Gasteiger partial charge on any atom is -0.488 e. The van der Waals surface area contributed by atoms with Gasteiger partial charge in [-0.2, -0.15) is 9.78 Å². The molecule has 3 aromatic rings. The largest absolute Gasteiger partial charge is 0.488 e. The Balaban J connectivity index is 2.14. The Morgan fingerprint density at radius 3 is 2.32 bits per heavy atom. The fourth-order valence-electron chi connectivity index (χ4n) is 2.61. The fraction of sp³-hybridized carbons (Fsp3) is 0.158. The van der Waals surface area contributed by atoms with Crippen LogP contribution in [0.25, 0.3) is 16.8 Å². The third kappa shape index (κ3) is 3.79. The van der Waals surface area contributed by atoms with E-state index in [0.717, 1.165) is 23.1 Å². The average molecular weight is 406 g/mol. The Kier molecular flexibility index (Phi) is 5.28. The lowest BCUT2D eigenvalue weighted by Gasteiger charge is -2.13. The van der Waals surface area contributed by atoms with Gasteiger partial charge in [0.25, 0.3) is 0 Å². The molecule has 146 valence electrons. The summed E-state index contributed by atoms with van der Waals surface area (Å²) < 4.78 is 56.3. The van der Waals surface area contributed by atoms with Crippen LogP contribution in [0.1, 0.15) is 6.92 Å². The summed E-state index contributed by atoms with van der Waals surface area (Å²) in [6.45, 7) is 1.88. The van der Waals surface area contributed by atoms with Gasteiger partial charge in [0.05, 0.1) is 23.4 Å². The summed E-state index contributed by atoms with van der Waals surface area (Å²) in [6, 6.07) is 8.90. The minimum absolute atomic E-state index is 0.0330. The van der Waals surface area contributed by atoms with Gasteiger partial charge in [0.15, 0.2) is 27.2 Å². The maximum absolute atomic E-state index is 13.5. The molecule has 0 amide bonds. The van der Waals surface area contributed by atoms with E-state index in [1.807, 2.05) is 0 Å². The maximum Gasteiger partial charge on any atom is 0.314 e. The lowest BCUT2D eigenvalue weighted by Crippen LogP contribution is -2.24. The number of hydrogen-bond donors (Lipinski definition) is 0. The minimum atomic E-state index is -3.36. The molecule has 0 unspecified atom stereocenters. The first-order valence-corrected chi connectivity index (χ1v) is 10.1. The van der Waals surface area contributed by atoms with Gasteiger partial charge in [-0.15, -0.1) is 0 Å². The maximum atomic E-state index is 13.5. The summed E-state index contributed by atoms with van der Waals surface area (Å²) in [5.74, 6) is -2.18. The van der Waals surface area contributed by atoms with Crippen LogP contribution in [0.2, 0.25) is 0 Å². The second kappa shape index (κ2) is 7.51. The predicted octanol–water partition coefficient (Wildman–Crippen LogP) is 2.98. The van der Waals surface area contributed by atoms with Crippen molar-refractivity contribution in [1.82, 2.24) is 9.78 Å². The number of aromatic nitrogens is 2. The smallest absolute Gasteiger partial charge is 0.314 e. The van der Waals surface area contributed by atoms with Crippen LogP contribution in [-0.4, -0.2) is 31.1 Å². The van der Waals surface area contributed by atoms with E-state index in [-0.39, 0.29) is 22.9 Å². The van der Waals surface area contributed by atoms with E-state index >= 15 is 0 Å². The van der Waals surface area contributed by atoms with Crippen molar-refractivity contribution in [2.45, 2.75) is 11.8 Å². The van der Waals surface area contributed by atoms with Gasteiger partial charge in [0.1, 0.15) is 0 Å². The molecule has 1 heterocycles. The first-order chi connectivity index (χ1) is 13.2. The number of sulfone groups is 1. The molecule has 0 N–H and O–H groups in total. The Morgan fingerprint density at radius 2 is 1.75 bits per heavy atom. The van der Waals surface area contributed by atoms with Gasteiger partial charge in [-0.1, -0.05) is 12.1 Å². The molecule has 6 nitrogen and oxygen atoms in total. The summed E-state index contributed by atoms with van der Waals surface area (Å²) in [4.78, 5) is 13.0. The van der Waals surface area contributed by atoms with Crippen molar-refractivity contribution in [2.24, 2.45) is 0 Å². The molecule has 9 heteroatoms. The molecule has 0 fully saturated rings. The number of rotatable bonds is 5. The molecule has 0 bridgehead atoms. The van der Waals surface area contributed by atoms with Crippen LogP contribution >= 0.6 is 0 Å². The van der Waals surface area contributed by atoms with Gasteiger partial charge in [0.2, 0.25) is 0 Å². The summed E-state index contributed by atoms with van der Waals surface area (Å²) in [5.41, 5.74) is 0.269. The fourth-order valence-corrected chi connectivity index (χ4v) is 3.24. The molecule has 0 aliphatic rings. The van der Waals surface area contributed by atoms with Crippen LogP contribution in [0.5, 0.6) is 5.75 Å². The van der Waals surface area contributed by atoms with E-state index in [2.05, 4.69) is 5.10 Å². The van der Waals surface area contributed by atoms with Gasteiger partial charge >= 0.3 is 5.56 Å². The highest BCUT2D eigenvalue weighted by atomic mass is 32.2. The molecular weight excluding hydrogens is 390 g/mol. The average Bonchev–Trinajstić information content (AvgIpc) is 2.65. The zero-order chi connectivity index (χ0) is 20.5. The van der Waals surface area contributed by atoms with Gasteiger partial charge in [-0.05, 0) is 36.8 Å². The lowest BCUT2D eigenvalue weighted by molar-refractivity contribution is 0.333. The van der Waals surface area contributed by atoms with Crippen LogP contribution in [0.3, 0.4) is 0 Å². The van der Waals surface area contributed by atoms with E-state index < -0.39 is 27.0 Å². The Morgan fingerprint density at radius 1 is 1.07 bits per heavy atom. The third-order valence-corrected chi connectivity index (χ3v) is 5.09. The normalized spacial score (nSPS) is 11.4. The van der Waals surface area contributed by atoms with E-state index in [0.29, 0.717) is 11.1 Å². The zero-order valence-corrected chi connectivity index (χ0v) is 15.8. The van der Waals surface area contributed by atoms with Crippen molar-refractivity contribution in [3.05, 3.63) is 70.6 Å². The van der Waals surface area contributed by atoms with E-state index in [9.17, 15) is 22.0 Å². The molecule has 0 aliphatic carbocycles. The molecule has 2 aromatic carbocycles. The quantitative estimate of drug-likeness (QED) is 0.651. The number of ether oxygens (including phenoxy) is 1. The second-order valence-corrected chi connectivity index (χ2v) is 7.95. The Labute approximate surface area is 159 Å². The predicted molar refractivity (Wildman–Crippen MR) is 99.5 cm³/mol. The third-order valence-electron chi connectivity index (χ3n) is 3.96. The highest BCUT2D eigenvalue weighted by molar-refractivity contribution is 7.90. The molecule has 0 saturated carbocycles. The number of benzene rings is 2. The van der Waals surface area contributed by atoms with E-state index in [4.69, 9.17) is 4.74 Å². The second-order valence-electron chi connectivity index (χ2n) is 5.93. The highest BCUT2D eigenvalue weighted by Crippen LogP contribution is 2.28. The summed E-state index contributed by atoms with van der Waals surface area (Å²) in [6.07, 6.45) is 2.45. The van der Waals surface area contributed by atoms with Gasteiger partial charge in [-0.3, -0.25) is 4.79 Å². The first-order valence-electron chi connectivity index (χ1n) is 8.23. The van der Waals surface area contributed by atoms with Crippen molar-refractivity contribution < 1.29 is 21.9 Å². The SMILES string of the molecule is CCOc1c(-c2ccc(S(C)(=O)=O)cc2)cnn(-c2ccc(F)c(F)c2)c1=O. The van der Waals surface area contributed by atoms with Crippen LogP contribution in [0.15, 0.2) is 58.4 Å². The molecule has 3 rings (SSSR count). The van der Waals surface area contributed by atoms with Gasteiger partial charge < -0.3 is 4.74 Å². The van der Waals surface area contributed by atoms with Crippen molar-refractivity contribution in [3.63, 3.8) is 0 Å². The van der Waals surface area contributed by atoms with E-state index in [1.54, 1.807) is 6.92 Å². The number of hydrogen-bond acceptors (Lipinski definition) is 5. The van der Waals surface area contributed by atoms with Crippen LogP contribution in [0.4, 0.5) is 8.78 Å². The van der Waals surface area contributed by atoms with Crippen molar-refractivity contribution in [2.75, 3.05) is 12.9 Å². The standard InChI is InChI=1S/C19H16F2N2O4S/c1-3-27-18-15(12-4-7-14(8-5-12)28(2,25)26)11-22-23(19(18)24)13-6-9-16(20)17(21)10-13/h4-11H,3H2,1-2H3. The molecule has 0 aliphatic heterocycles. The number of nitrogens with zero attached hydrogens (tertiary/aromatic N) is 2. The van der Waals surface area contributed by atoms with Crippen molar-refractivity contribution in [3.8, 4) is 22.6 Å². The Bertz CT molecular complexity index is 1190. The van der Waals surface area contributed by atoms with Crippen LogP contribution in [0, 0.1) is 11.6 Å². The lowest BCUT2D eigenvalue weighted by atomic mass is 10.1. The molecular formula is C19H16F2N2O4S. The molecule has 1 aromatic heterocycles. The molecule has 0 saturated heterocycles. The zero-order valence-electron chi connectivity index (χ0n) is 15.0. The highest BCUT2D eigenvalue weighted by Gasteiger charge is 2.17. The summed E-state index contributed by atoms with van der Waals surface area (Å²) >= 11 is 0.